The molecule has 1 heterocycles. The predicted octanol–water partition coefficient (Wildman–Crippen LogP) is 0.882. The first-order valence-electron chi connectivity index (χ1n) is 6.93. The zero-order chi connectivity index (χ0) is 12.7. The van der Waals surface area contributed by atoms with Crippen molar-refractivity contribution in [2.75, 3.05) is 52.4 Å². The van der Waals surface area contributed by atoms with Crippen molar-refractivity contribution in [1.82, 2.24) is 14.7 Å². The summed E-state index contributed by atoms with van der Waals surface area (Å²) in [4.78, 5) is 18.6. The van der Waals surface area contributed by atoms with Crippen LogP contribution in [0.15, 0.2) is 0 Å². The normalized spacial score (nSPS) is 18.3. The van der Waals surface area contributed by atoms with E-state index in [1.807, 2.05) is 18.7 Å². The molecule has 17 heavy (non-hydrogen) atoms. The average Bonchev–Trinajstić information content (AvgIpc) is 2.33. The lowest BCUT2D eigenvalue weighted by Gasteiger charge is -2.35. The van der Waals surface area contributed by atoms with Gasteiger partial charge in [-0.2, -0.15) is 0 Å². The highest BCUT2D eigenvalue weighted by Gasteiger charge is 2.19. The monoisotopic (exact) mass is 241 g/mol. The lowest BCUT2D eigenvalue weighted by Crippen LogP contribution is -2.50. The van der Waals surface area contributed by atoms with Crippen LogP contribution in [-0.4, -0.2) is 73.0 Å². The quantitative estimate of drug-likeness (QED) is 0.691. The van der Waals surface area contributed by atoms with Crippen molar-refractivity contribution in [1.29, 1.82) is 0 Å². The summed E-state index contributed by atoms with van der Waals surface area (Å²) >= 11 is 0. The van der Waals surface area contributed by atoms with E-state index in [0.717, 1.165) is 39.3 Å². The molecule has 100 valence electrons. The topological polar surface area (TPSA) is 26.8 Å². The van der Waals surface area contributed by atoms with Crippen LogP contribution in [0.3, 0.4) is 0 Å². The Hall–Kier alpha value is -0.610. The van der Waals surface area contributed by atoms with Gasteiger partial charge in [-0.3, -0.25) is 9.69 Å². The van der Waals surface area contributed by atoms with Crippen molar-refractivity contribution in [3.63, 3.8) is 0 Å². The highest BCUT2D eigenvalue weighted by atomic mass is 16.2. The molecule has 1 aliphatic rings. The van der Waals surface area contributed by atoms with Crippen LogP contribution in [0.4, 0.5) is 0 Å². The van der Waals surface area contributed by atoms with Crippen molar-refractivity contribution in [3.05, 3.63) is 0 Å². The van der Waals surface area contributed by atoms with E-state index in [9.17, 15) is 4.79 Å². The number of hydrogen-bond acceptors (Lipinski definition) is 3. The average molecular weight is 241 g/mol. The van der Waals surface area contributed by atoms with Crippen LogP contribution in [0.25, 0.3) is 0 Å². The molecule has 0 N–H and O–H groups in total. The molecule has 0 radical (unpaired) electrons. The molecule has 1 rings (SSSR count). The largest absolute Gasteiger partial charge is 0.342 e. The number of carbonyl (C=O) groups excluding carboxylic acids is 1. The van der Waals surface area contributed by atoms with Crippen molar-refractivity contribution in [2.24, 2.45) is 0 Å². The van der Waals surface area contributed by atoms with E-state index in [-0.39, 0.29) is 5.91 Å². The van der Waals surface area contributed by atoms with Gasteiger partial charge in [0.25, 0.3) is 0 Å². The van der Waals surface area contributed by atoms with Gasteiger partial charge >= 0.3 is 0 Å². The second-order valence-electron chi connectivity index (χ2n) is 4.68. The number of carbonyl (C=O) groups is 1. The number of hydrogen-bond donors (Lipinski definition) is 0. The second kappa shape index (κ2) is 7.67. The van der Waals surface area contributed by atoms with Crippen LogP contribution in [0.5, 0.6) is 0 Å². The Balaban J connectivity index is 2.27. The molecule has 4 nitrogen and oxygen atoms in total. The Kier molecular flexibility index (Phi) is 6.52. The minimum absolute atomic E-state index is 0.277. The smallest absolute Gasteiger partial charge is 0.236 e. The molecule has 0 saturated carbocycles. The summed E-state index contributed by atoms with van der Waals surface area (Å²) in [5.41, 5.74) is 0. The fourth-order valence-corrected chi connectivity index (χ4v) is 2.35. The van der Waals surface area contributed by atoms with Gasteiger partial charge in [-0.15, -0.1) is 0 Å². The molecule has 0 bridgehead atoms. The van der Waals surface area contributed by atoms with Gasteiger partial charge in [0.15, 0.2) is 0 Å². The van der Waals surface area contributed by atoms with E-state index in [1.54, 1.807) is 0 Å². The summed E-state index contributed by atoms with van der Waals surface area (Å²) in [5.74, 6) is 0.277. The maximum absolute atomic E-state index is 12.0. The molecular formula is C13H27N3O. The maximum atomic E-state index is 12.0. The lowest BCUT2D eigenvalue weighted by atomic mass is 10.3. The van der Waals surface area contributed by atoms with Gasteiger partial charge in [-0.25, -0.2) is 0 Å². The Bertz CT molecular complexity index is 221. The van der Waals surface area contributed by atoms with Crippen LogP contribution in [0, 0.1) is 0 Å². The third kappa shape index (κ3) is 4.64. The first-order valence-corrected chi connectivity index (χ1v) is 6.93. The third-order valence-electron chi connectivity index (χ3n) is 3.48. The van der Waals surface area contributed by atoms with Crippen molar-refractivity contribution < 1.29 is 4.79 Å². The molecule has 1 amide bonds. The van der Waals surface area contributed by atoms with E-state index in [4.69, 9.17) is 0 Å². The lowest BCUT2D eigenvalue weighted by molar-refractivity contribution is -0.132. The summed E-state index contributed by atoms with van der Waals surface area (Å²) in [6.07, 6.45) is 1.22. The molecular weight excluding hydrogens is 214 g/mol. The first-order chi connectivity index (χ1) is 8.21. The standard InChI is InChI=1S/C13H27N3O/c1-4-7-14-8-10-15(11-9-14)12-13(17)16(5-2)6-3/h4-12H2,1-3H3. The van der Waals surface area contributed by atoms with E-state index in [0.29, 0.717) is 6.54 Å². The number of amides is 1. The van der Waals surface area contributed by atoms with E-state index in [1.165, 1.54) is 13.0 Å². The Morgan fingerprint density at radius 1 is 1.00 bits per heavy atom. The van der Waals surface area contributed by atoms with Crippen LogP contribution in [-0.2, 0) is 4.79 Å². The highest BCUT2D eigenvalue weighted by Crippen LogP contribution is 2.03. The molecule has 0 atom stereocenters. The van der Waals surface area contributed by atoms with Gasteiger partial charge < -0.3 is 9.80 Å². The molecule has 1 saturated heterocycles. The van der Waals surface area contributed by atoms with Gasteiger partial charge in [0, 0.05) is 39.3 Å². The summed E-state index contributed by atoms with van der Waals surface area (Å²) < 4.78 is 0. The predicted molar refractivity (Wildman–Crippen MR) is 71.1 cm³/mol. The Morgan fingerprint density at radius 3 is 2.00 bits per heavy atom. The summed E-state index contributed by atoms with van der Waals surface area (Å²) in [5, 5.41) is 0. The zero-order valence-corrected chi connectivity index (χ0v) is 11.6. The molecule has 0 aliphatic carbocycles. The summed E-state index contributed by atoms with van der Waals surface area (Å²) in [7, 11) is 0. The number of likely N-dealkylation sites (N-methyl/N-ethyl adjacent to an activating group) is 1. The first kappa shape index (κ1) is 14.5. The fourth-order valence-electron chi connectivity index (χ4n) is 2.35. The molecule has 1 aliphatic heterocycles. The van der Waals surface area contributed by atoms with Gasteiger partial charge in [-0.05, 0) is 26.8 Å². The maximum Gasteiger partial charge on any atom is 0.236 e. The van der Waals surface area contributed by atoms with Gasteiger partial charge in [0.05, 0.1) is 6.54 Å². The van der Waals surface area contributed by atoms with Crippen LogP contribution in [0.2, 0.25) is 0 Å². The minimum Gasteiger partial charge on any atom is -0.342 e. The third-order valence-corrected chi connectivity index (χ3v) is 3.48. The van der Waals surface area contributed by atoms with E-state index < -0.39 is 0 Å². The zero-order valence-electron chi connectivity index (χ0n) is 11.6. The highest BCUT2D eigenvalue weighted by molar-refractivity contribution is 5.78. The molecule has 0 aromatic carbocycles. The summed E-state index contributed by atoms with van der Waals surface area (Å²) in [6, 6.07) is 0. The molecule has 0 spiro atoms. The Morgan fingerprint density at radius 2 is 1.53 bits per heavy atom. The molecule has 0 aromatic rings. The van der Waals surface area contributed by atoms with Crippen LogP contribution in [0.1, 0.15) is 27.2 Å². The minimum atomic E-state index is 0.277. The SMILES string of the molecule is CCCN1CCN(CC(=O)N(CC)CC)CC1. The van der Waals surface area contributed by atoms with E-state index >= 15 is 0 Å². The molecule has 0 unspecified atom stereocenters. The van der Waals surface area contributed by atoms with Gasteiger partial charge in [-0.1, -0.05) is 6.92 Å². The van der Waals surface area contributed by atoms with Crippen molar-refractivity contribution in [3.8, 4) is 0 Å². The second-order valence-corrected chi connectivity index (χ2v) is 4.68. The summed E-state index contributed by atoms with van der Waals surface area (Å²) in [6.45, 7) is 14.0. The van der Waals surface area contributed by atoms with Gasteiger partial charge in [0.2, 0.25) is 5.91 Å². The number of rotatable bonds is 6. The molecule has 1 fully saturated rings. The Labute approximate surface area is 106 Å². The van der Waals surface area contributed by atoms with E-state index in [2.05, 4.69) is 16.7 Å². The van der Waals surface area contributed by atoms with Crippen molar-refractivity contribution in [2.45, 2.75) is 27.2 Å². The number of piperazine rings is 1. The van der Waals surface area contributed by atoms with Gasteiger partial charge in [0.1, 0.15) is 0 Å². The van der Waals surface area contributed by atoms with Crippen LogP contribution < -0.4 is 0 Å². The van der Waals surface area contributed by atoms with Crippen molar-refractivity contribution >= 4 is 5.91 Å². The fraction of sp³-hybridized carbons (Fsp3) is 0.923. The molecule has 4 heteroatoms. The number of nitrogens with zero attached hydrogens (tertiary/aromatic N) is 3. The molecule has 0 aromatic heterocycles. The van der Waals surface area contributed by atoms with Crippen LogP contribution >= 0.6 is 0 Å².